The van der Waals surface area contributed by atoms with Gasteiger partial charge in [-0.05, 0) is 25.0 Å². The second kappa shape index (κ2) is 5.08. The summed E-state index contributed by atoms with van der Waals surface area (Å²) in [4.78, 5) is 14.2. The van der Waals surface area contributed by atoms with Crippen LogP contribution in [-0.4, -0.2) is 38.1 Å². The molecular weight excluding hydrogens is 218 g/mol. The lowest BCUT2D eigenvalue weighted by Crippen LogP contribution is -2.28. The van der Waals surface area contributed by atoms with Crippen molar-refractivity contribution in [3.8, 4) is 11.5 Å². The summed E-state index contributed by atoms with van der Waals surface area (Å²) in [6.45, 7) is 1.64. The number of likely N-dealkylation sites (tertiary alicyclic amines) is 1. The van der Waals surface area contributed by atoms with Crippen LogP contribution in [0.4, 0.5) is 0 Å². The van der Waals surface area contributed by atoms with Crippen LogP contribution in [0.25, 0.3) is 0 Å². The minimum Gasteiger partial charge on any atom is -0.496 e. The molecule has 0 aromatic heterocycles. The van der Waals surface area contributed by atoms with Gasteiger partial charge in [0.05, 0.1) is 14.2 Å². The number of hydrogen-bond donors (Lipinski definition) is 0. The molecule has 1 aliphatic rings. The zero-order valence-corrected chi connectivity index (χ0v) is 10.2. The molecule has 4 nitrogen and oxygen atoms in total. The average molecular weight is 235 g/mol. The summed E-state index contributed by atoms with van der Waals surface area (Å²) in [6.07, 6.45) is 2.15. The Morgan fingerprint density at radius 1 is 1.12 bits per heavy atom. The maximum Gasteiger partial charge on any atom is 0.261 e. The standard InChI is InChI=1S/C13H17NO3/c1-16-10-6-5-7-11(17-2)12(10)13(15)14-8-3-4-9-14/h5-7H,3-4,8-9H2,1-2H3. The highest BCUT2D eigenvalue weighted by atomic mass is 16.5. The fraction of sp³-hybridized carbons (Fsp3) is 0.462. The third-order valence-corrected chi connectivity index (χ3v) is 3.03. The second-order valence-electron chi connectivity index (χ2n) is 4.04. The van der Waals surface area contributed by atoms with E-state index in [1.54, 1.807) is 26.4 Å². The summed E-state index contributed by atoms with van der Waals surface area (Å²) in [5, 5.41) is 0. The van der Waals surface area contributed by atoms with Crippen molar-refractivity contribution in [2.24, 2.45) is 0 Å². The van der Waals surface area contributed by atoms with Gasteiger partial charge in [0.2, 0.25) is 0 Å². The fourth-order valence-electron chi connectivity index (χ4n) is 2.14. The van der Waals surface area contributed by atoms with E-state index >= 15 is 0 Å². The monoisotopic (exact) mass is 235 g/mol. The number of rotatable bonds is 3. The van der Waals surface area contributed by atoms with Gasteiger partial charge in [0.25, 0.3) is 5.91 Å². The van der Waals surface area contributed by atoms with Gasteiger partial charge in [0.1, 0.15) is 17.1 Å². The van der Waals surface area contributed by atoms with Crippen LogP contribution in [0.2, 0.25) is 0 Å². The Labute approximate surface area is 101 Å². The molecule has 2 rings (SSSR count). The first kappa shape index (κ1) is 11.8. The van der Waals surface area contributed by atoms with E-state index in [1.165, 1.54) is 0 Å². The van der Waals surface area contributed by atoms with Crippen molar-refractivity contribution in [2.75, 3.05) is 27.3 Å². The van der Waals surface area contributed by atoms with E-state index in [9.17, 15) is 4.79 Å². The summed E-state index contributed by atoms with van der Waals surface area (Å²) in [5.74, 6) is 1.14. The molecule has 0 saturated carbocycles. The Morgan fingerprint density at radius 3 is 2.12 bits per heavy atom. The van der Waals surface area contributed by atoms with Crippen LogP contribution in [0.15, 0.2) is 18.2 Å². The van der Waals surface area contributed by atoms with E-state index in [2.05, 4.69) is 0 Å². The van der Waals surface area contributed by atoms with E-state index in [0.717, 1.165) is 25.9 Å². The van der Waals surface area contributed by atoms with Gasteiger partial charge in [0, 0.05) is 13.1 Å². The van der Waals surface area contributed by atoms with Crippen molar-refractivity contribution >= 4 is 5.91 Å². The Kier molecular flexibility index (Phi) is 3.52. The van der Waals surface area contributed by atoms with Crippen molar-refractivity contribution in [3.05, 3.63) is 23.8 Å². The molecule has 1 aromatic carbocycles. The van der Waals surface area contributed by atoms with E-state index < -0.39 is 0 Å². The molecule has 0 radical (unpaired) electrons. The number of carbonyl (C=O) groups is 1. The number of nitrogens with zero attached hydrogens (tertiary/aromatic N) is 1. The Hall–Kier alpha value is -1.71. The molecule has 0 atom stereocenters. The Balaban J connectivity index is 2.37. The van der Waals surface area contributed by atoms with Crippen LogP contribution in [0, 0.1) is 0 Å². The first-order chi connectivity index (χ1) is 8.27. The first-order valence-corrected chi connectivity index (χ1v) is 5.78. The molecule has 1 saturated heterocycles. The fourth-order valence-corrected chi connectivity index (χ4v) is 2.14. The number of ether oxygens (including phenoxy) is 2. The van der Waals surface area contributed by atoms with Gasteiger partial charge >= 0.3 is 0 Å². The number of benzene rings is 1. The Morgan fingerprint density at radius 2 is 1.65 bits per heavy atom. The SMILES string of the molecule is COc1cccc(OC)c1C(=O)N1CCCC1. The number of amides is 1. The van der Waals surface area contributed by atoms with Crippen molar-refractivity contribution in [3.63, 3.8) is 0 Å². The lowest BCUT2D eigenvalue weighted by molar-refractivity contribution is 0.0786. The van der Waals surface area contributed by atoms with Gasteiger partial charge < -0.3 is 14.4 Å². The van der Waals surface area contributed by atoms with Crippen molar-refractivity contribution < 1.29 is 14.3 Å². The minimum atomic E-state index is -0.00296. The molecule has 1 fully saturated rings. The van der Waals surface area contributed by atoms with Crippen molar-refractivity contribution in [2.45, 2.75) is 12.8 Å². The topological polar surface area (TPSA) is 38.8 Å². The number of carbonyl (C=O) groups excluding carboxylic acids is 1. The number of methoxy groups -OCH3 is 2. The maximum atomic E-state index is 12.4. The molecule has 1 aliphatic heterocycles. The highest BCUT2D eigenvalue weighted by Gasteiger charge is 2.25. The lowest BCUT2D eigenvalue weighted by atomic mass is 10.1. The predicted molar refractivity (Wildman–Crippen MR) is 64.7 cm³/mol. The molecule has 0 unspecified atom stereocenters. The largest absolute Gasteiger partial charge is 0.496 e. The number of hydrogen-bond acceptors (Lipinski definition) is 3. The average Bonchev–Trinajstić information content (AvgIpc) is 2.90. The van der Waals surface area contributed by atoms with Gasteiger partial charge in [0.15, 0.2) is 0 Å². The second-order valence-corrected chi connectivity index (χ2v) is 4.04. The third kappa shape index (κ3) is 2.20. The highest BCUT2D eigenvalue weighted by Crippen LogP contribution is 2.30. The van der Waals surface area contributed by atoms with E-state index in [1.807, 2.05) is 11.0 Å². The van der Waals surface area contributed by atoms with E-state index in [-0.39, 0.29) is 5.91 Å². The normalized spacial score (nSPS) is 14.8. The summed E-state index contributed by atoms with van der Waals surface area (Å²) in [7, 11) is 3.13. The van der Waals surface area contributed by atoms with E-state index in [0.29, 0.717) is 17.1 Å². The summed E-state index contributed by atoms with van der Waals surface area (Å²) < 4.78 is 10.5. The van der Waals surface area contributed by atoms with Gasteiger partial charge in [-0.25, -0.2) is 0 Å². The van der Waals surface area contributed by atoms with Gasteiger partial charge in [-0.1, -0.05) is 6.07 Å². The lowest BCUT2D eigenvalue weighted by Gasteiger charge is -2.19. The third-order valence-electron chi connectivity index (χ3n) is 3.03. The Bertz CT molecular complexity index is 389. The van der Waals surface area contributed by atoms with Crippen molar-refractivity contribution in [1.29, 1.82) is 0 Å². The van der Waals surface area contributed by atoms with E-state index in [4.69, 9.17) is 9.47 Å². The maximum absolute atomic E-state index is 12.4. The zero-order chi connectivity index (χ0) is 12.3. The van der Waals surface area contributed by atoms with Crippen LogP contribution < -0.4 is 9.47 Å². The summed E-state index contributed by atoms with van der Waals surface area (Å²) in [5.41, 5.74) is 0.527. The molecule has 92 valence electrons. The van der Waals surface area contributed by atoms with Crippen LogP contribution in [-0.2, 0) is 0 Å². The molecule has 1 heterocycles. The quantitative estimate of drug-likeness (QED) is 0.803. The molecule has 1 aromatic rings. The first-order valence-electron chi connectivity index (χ1n) is 5.78. The van der Waals surface area contributed by atoms with Gasteiger partial charge in [-0.2, -0.15) is 0 Å². The van der Waals surface area contributed by atoms with Crippen molar-refractivity contribution in [1.82, 2.24) is 4.90 Å². The van der Waals surface area contributed by atoms with Gasteiger partial charge in [-0.3, -0.25) is 4.79 Å². The van der Waals surface area contributed by atoms with Crippen LogP contribution in [0.5, 0.6) is 11.5 Å². The highest BCUT2D eigenvalue weighted by molar-refractivity contribution is 5.99. The zero-order valence-electron chi connectivity index (χ0n) is 10.2. The van der Waals surface area contributed by atoms with Gasteiger partial charge in [-0.15, -0.1) is 0 Å². The van der Waals surface area contributed by atoms with Crippen LogP contribution in [0.1, 0.15) is 23.2 Å². The van der Waals surface area contributed by atoms with Crippen LogP contribution in [0.3, 0.4) is 0 Å². The molecule has 0 aliphatic carbocycles. The molecule has 0 bridgehead atoms. The molecular formula is C13H17NO3. The smallest absolute Gasteiger partial charge is 0.261 e. The predicted octanol–water partition coefficient (Wildman–Crippen LogP) is 1.94. The molecule has 0 spiro atoms. The van der Waals surface area contributed by atoms with Crippen LogP contribution >= 0.6 is 0 Å². The molecule has 1 amide bonds. The minimum absolute atomic E-state index is 0.00296. The molecule has 0 N–H and O–H groups in total. The summed E-state index contributed by atoms with van der Waals surface area (Å²) >= 11 is 0. The molecule has 4 heteroatoms. The summed E-state index contributed by atoms with van der Waals surface area (Å²) in [6, 6.07) is 5.38. The molecule has 17 heavy (non-hydrogen) atoms.